The summed E-state index contributed by atoms with van der Waals surface area (Å²) in [5, 5.41) is 3.59. The van der Waals surface area contributed by atoms with Crippen molar-refractivity contribution in [1.29, 1.82) is 0 Å². The van der Waals surface area contributed by atoms with E-state index in [2.05, 4.69) is 15.3 Å². The predicted molar refractivity (Wildman–Crippen MR) is 105 cm³/mol. The van der Waals surface area contributed by atoms with Crippen LogP contribution in [0, 0.1) is 0 Å². The SMILES string of the molecule is COc1cccc([C@H](NC(=O)c2cnc3n(c2=O)CCS3)c2nccn2C)c1. The van der Waals surface area contributed by atoms with E-state index >= 15 is 0 Å². The number of imidazole rings is 1. The van der Waals surface area contributed by atoms with Gasteiger partial charge in [-0.3, -0.25) is 14.2 Å². The fourth-order valence-corrected chi connectivity index (χ4v) is 4.07. The number of hydrogen-bond acceptors (Lipinski definition) is 6. The fraction of sp³-hybridized carbons (Fsp3) is 0.263. The lowest BCUT2D eigenvalue weighted by atomic mass is 10.1. The third-order valence-corrected chi connectivity index (χ3v) is 5.59. The Kier molecular flexibility index (Phi) is 4.91. The van der Waals surface area contributed by atoms with Crippen LogP contribution < -0.4 is 15.6 Å². The monoisotopic (exact) mass is 397 g/mol. The minimum Gasteiger partial charge on any atom is -0.497 e. The van der Waals surface area contributed by atoms with Crippen LogP contribution in [0.2, 0.25) is 0 Å². The van der Waals surface area contributed by atoms with E-state index in [1.165, 1.54) is 18.0 Å². The zero-order valence-electron chi connectivity index (χ0n) is 15.5. The van der Waals surface area contributed by atoms with Gasteiger partial charge in [-0.25, -0.2) is 9.97 Å². The number of carbonyl (C=O) groups is 1. The molecule has 1 aliphatic rings. The molecule has 1 atom stereocenters. The van der Waals surface area contributed by atoms with Gasteiger partial charge in [-0.15, -0.1) is 0 Å². The Morgan fingerprint density at radius 1 is 1.36 bits per heavy atom. The molecule has 0 saturated carbocycles. The molecule has 1 aromatic carbocycles. The quantitative estimate of drug-likeness (QED) is 0.658. The lowest BCUT2D eigenvalue weighted by Gasteiger charge is -2.19. The summed E-state index contributed by atoms with van der Waals surface area (Å²) in [6, 6.07) is 6.85. The number of ether oxygens (including phenoxy) is 1. The Hall–Kier alpha value is -3.07. The number of nitrogens with one attached hydrogen (secondary N) is 1. The standard InChI is InChI=1S/C19H19N5O3S/c1-23-7-6-20-16(23)15(12-4-3-5-13(10-12)27-2)22-17(25)14-11-21-19-24(18(14)26)8-9-28-19/h3-7,10-11,15H,8-9H2,1-2H3,(H,22,25)/t15-/m0/s1. The lowest BCUT2D eigenvalue weighted by molar-refractivity contribution is 0.0938. The van der Waals surface area contributed by atoms with Crippen molar-refractivity contribution in [1.82, 2.24) is 24.4 Å². The van der Waals surface area contributed by atoms with Crippen LogP contribution in [0.1, 0.15) is 27.8 Å². The molecule has 3 heterocycles. The van der Waals surface area contributed by atoms with Gasteiger partial charge in [0.15, 0.2) is 5.16 Å². The van der Waals surface area contributed by atoms with Crippen molar-refractivity contribution in [3.63, 3.8) is 0 Å². The number of fused-ring (bicyclic) bond motifs is 1. The smallest absolute Gasteiger partial charge is 0.267 e. The van der Waals surface area contributed by atoms with Gasteiger partial charge in [0.25, 0.3) is 11.5 Å². The molecule has 9 heteroatoms. The second-order valence-electron chi connectivity index (χ2n) is 6.34. The zero-order valence-corrected chi connectivity index (χ0v) is 16.3. The average molecular weight is 397 g/mol. The molecule has 1 aliphatic heterocycles. The van der Waals surface area contributed by atoms with Gasteiger partial charge >= 0.3 is 0 Å². The van der Waals surface area contributed by atoms with E-state index in [9.17, 15) is 9.59 Å². The van der Waals surface area contributed by atoms with Crippen molar-refractivity contribution in [3.8, 4) is 5.75 Å². The summed E-state index contributed by atoms with van der Waals surface area (Å²) >= 11 is 1.51. The van der Waals surface area contributed by atoms with Crippen molar-refractivity contribution in [2.75, 3.05) is 12.9 Å². The summed E-state index contributed by atoms with van der Waals surface area (Å²) in [6.07, 6.45) is 4.82. The van der Waals surface area contributed by atoms with Gasteiger partial charge in [0.2, 0.25) is 0 Å². The van der Waals surface area contributed by atoms with E-state index in [1.807, 2.05) is 35.9 Å². The molecular formula is C19H19N5O3S. The van der Waals surface area contributed by atoms with Crippen molar-refractivity contribution in [2.24, 2.45) is 7.05 Å². The van der Waals surface area contributed by atoms with Crippen LogP contribution in [0.3, 0.4) is 0 Å². The number of nitrogens with zero attached hydrogens (tertiary/aromatic N) is 4. The summed E-state index contributed by atoms with van der Waals surface area (Å²) in [5.41, 5.74) is 0.497. The van der Waals surface area contributed by atoms with Gasteiger partial charge in [-0.1, -0.05) is 23.9 Å². The topological polar surface area (TPSA) is 91.0 Å². The van der Waals surface area contributed by atoms with Crippen molar-refractivity contribution in [3.05, 3.63) is 70.2 Å². The van der Waals surface area contributed by atoms with Gasteiger partial charge in [0.1, 0.15) is 23.2 Å². The molecule has 1 amide bonds. The number of thioether (sulfide) groups is 1. The third kappa shape index (κ3) is 3.29. The molecule has 144 valence electrons. The second kappa shape index (κ2) is 7.51. The van der Waals surface area contributed by atoms with Crippen molar-refractivity contribution in [2.45, 2.75) is 17.7 Å². The molecule has 4 rings (SSSR count). The largest absolute Gasteiger partial charge is 0.497 e. The van der Waals surface area contributed by atoms with Crippen LogP contribution in [-0.4, -0.2) is 37.9 Å². The zero-order chi connectivity index (χ0) is 19.7. The van der Waals surface area contributed by atoms with E-state index < -0.39 is 11.9 Å². The highest BCUT2D eigenvalue weighted by Crippen LogP contribution is 2.25. The van der Waals surface area contributed by atoms with Gasteiger partial charge in [0, 0.05) is 37.9 Å². The number of aromatic nitrogens is 4. The molecule has 2 aromatic heterocycles. The molecule has 1 N–H and O–H groups in total. The number of aryl methyl sites for hydroxylation is 1. The van der Waals surface area contributed by atoms with E-state index in [1.54, 1.807) is 24.1 Å². The summed E-state index contributed by atoms with van der Waals surface area (Å²) in [7, 11) is 3.44. The highest BCUT2D eigenvalue weighted by Gasteiger charge is 2.25. The highest BCUT2D eigenvalue weighted by molar-refractivity contribution is 7.99. The molecular weight excluding hydrogens is 378 g/mol. The number of benzene rings is 1. The van der Waals surface area contributed by atoms with Crippen molar-refractivity contribution >= 4 is 17.7 Å². The number of hydrogen-bond donors (Lipinski definition) is 1. The highest BCUT2D eigenvalue weighted by atomic mass is 32.2. The molecule has 0 aliphatic carbocycles. The summed E-state index contributed by atoms with van der Waals surface area (Å²) in [6.45, 7) is 0.561. The van der Waals surface area contributed by atoms with Crippen LogP contribution in [0.15, 0.2) is 52.8 Å². The molecule has 8 nitrogen and oxygen atoms in total. The van der Waals surface area contributed by atoms with Gasteiger partial charge in [-0.2, -0.15) is 0 Å². The van der Waals surface area contributed by atoms with Gasteiger partial charge < -0.3 is 14.6 Å². The minimum absolute atomic E-state index is 0.0216. The molecule has 0 bridgehead atoms. The molecule has 0 saturated heterocycles. The van der Waals surface area contributed by atoms with E-state index in [-0.39, 0.29) is 11.1 Å². The Bertz CT molecular complexity index is 1090. The maximum Gasteiger partial charge on any atom is 0.267 e. The first-order valence-corrected chi connectivity index (χ1v) is 9.71. The van der Waals surface area contributed by atoms with Crippen LogP contribution in [0.5, 0.6) is 5.75 Å². The lowest BCUT2D eigenvalue weighted by Crippen LogP contribution is -2.36. The third-order valence-electron chi connectivity index (χ3n) is 4.62. The number of carbonyl (C=O) groups excluding carboxylic acids is 1. The molecule has 28 heavy (non-hydrogen) atoms. The molecule has 0 unspecified atom stereocenters. The van der Waals surface area contributed by atoms with Gasteiger partial charge in [-0.05, 0) is 17.7 Å². The predicted octanol–water partition coefficient (Wildman–Crippen LogP) is 1.61. The Balaban J connectivity index is 1.71. The van der Waals surface area contributed by atoms with Crippen LogP contribution in [0.4, 0.5) is 0 Å². The maximum absolute atomic E-state index is 13.0. The first-order chi connectivity index (χ1) is 13.6. The Morgan fingerprint density at radius 3 is 2.96 bits per heavy atom. The minimum atomic E-state index is -0.547. The summed E-state index contributed by atoms with van der Waals surface area (Å²) < 4.78 is 8.68. The summed E-state index contributed by atoms with van der Waals surface area (Å²) in [5.74, 6) is 1.61. The fourth-order valence-electron chi connectivity index (χ4n) is 3.16. The maximum atomic E-state index is 13.0. The van der Waals surface area contributed by atoms with E-state index in [4.69, 9.17) is 4.74 Å². The number of rotatable bonds is 5. The molecule has 3 aromatic rings. The average Bonchev–Trinajstić information content (AvgIpc) is 3.35. The van der Waals surface area contributed by atoms with E-state index in [0.717, 1.165) is 11.3 Å². The first kappa shape index (κ1) is 18.3. The van der Waals surface area contributed by atoms with Gasteiger partial charge in [0.05, 0.1) is 7.11 Å². The van der Waals surface area contributed by atoms with Crippen molar-refractivity contribution < 1.29 is 9.53 Å². The molecule has 0 spiro atoms. The normalized spacial score (nSPS) is 13.8. The second-order valence-corrected chi connectivity index (χ2v) is 7.40. The van der Waals surface area contributed by atoms with Crippen LogP contribution in [-0.2, 0) is 13.6 Å². The first-order valence-electron chi connectivity index (χ1n) is 8.73. The molecule has 0 radical (unpaired) electrons. The Morgan fingerprint density at radius 2 is 2.21 bits per heavy atom. The summed E-state index contributed by atoms with van der Waals surface area (Å²) in [4.78, 5) is 34.3. The molecule has 0 fully saturated rings. The van der Waals surface area contributed by atoms with E-state index in [0.29, 0.717) is 23.3 Å². The van der Waals surface area contributed by atoms with Crippen LogP contribution in [0.25, 0.3) is 0 Å². The Labute approximate surface area is 165 Å². The number of amides is 1. The van der Waals surface area contributed by atoms with Crippen LogP contribution >= 0.6 is 11.8 Å². The number of methoxy groups -OCH3 is 1.